The molecule has 0 bridgehead atoms. The monoisotopic (exact) mass is 384 g/mol. The van der Waals surface area contributed by atoms with Crippen LogP contribution in [-0.4, -0.2) is 0 Å². The second-order valence-electron chi connectivity index (χ2n) is 7.45. The standard InChI is InChI=1S/C25H20S2/c1-14-4-7-18-17(10-14)6-9-20-22-13-21(16(3)12-24(22)27-25(18)20)19-8-5-15(2)11-23(19)26/h4-13,26H,1-3H3. The Balaban J connectivity index is 1.84. The Hall–Kier alpha value is -2.29. The number of rotatable bonds is 1. The topological polar surface area (TPSA) is 0 Å². The maximum absolute atomic E-state index is 4.74. The van der Waals surface area contributed by atoms with Crippen molar-refractivity contribution in [2.45, 2.75) is 25.7 Å². The smallest absolute Gasteiger partial charge is 0.0433 e. The number of thiol groups is 1. The highest BCUT2D eigenvalue weighted by Crippen LogP contribution is 2.42. The number of benzene rings is 4. The Bertz CT molecular complexity index is 1360. The van der Waals surface area contributed by atoms with Gasteiger partial charge < -0.3 is 0 Å². The van der Waals surface area contributed by atoms with Crippen LogP contribution in [0.3, 0.4) is 0 Å². The highest BCUT2D eigenvalue weighted by molar-refractivity contribution is 7.80. The highest BCUT2D eigenvalue weighted by Gasteiger charge is 2.13. The van der Waals surface area contributed by atoms with E-state index in [0.29, 0.717) is 0 Å². The Kier molecular flexibility index (Phi) is 3.82. The quantitative estimate of drug-likeness (QED) is 0.277. The fourth-order valence-electron chi connectivity index (χ4n) is 3.99. The van der Waals surface area contributed by atoms with Gasteiger partial charge >= 0.3 is 0 Å². The van der Waals surface area contributed by atoms with Crippen molar-refractivity contribution in [2.24, 2.45) is 0 Å². The number of thiophene rings is 1. The van der Waals surface area contributed by atoms with Gasteiger partial charge in [-0.3, -0.25) is 0 Å². The van der Waals surface area contributed by atoms with E-state index in [-0.39, 0.29) is 0 Å². The molecule has 1 aromatic heterocycles. The molecule has 4 aromatic carbocycles. The molecule has 1 heterocycles. The molecule has 0 saturated heterocycles. The van der Waals surface area contributed by atoms with Crippen molar-refractivity contribution < 1.29 is 0 Å². The molecular formula is C25H20S2. The first kappa shape index (κ1) is 16.9. The van der Waals surface area contributed by atoms with Crippen molar-refractivity contribution in [3.05, 3.63) is 77.4 Å². The fourth-order valence-corrected chi connectivity index (χ4v) is 5.71. The zero-order chi connectivity index (χ0) is 18.7. The van der Waals surface area contributed by atoms with E-state index in [0.717, 1.165) is 4.90 Å². The molecule has 0 fully saturated rings. The lowest BCUT2D eigenvalue weighted by Crippen LogP contribution is -1.86. The minimum Gasteiger partial charge on any atom is -0.143 e. The van der Waals surface area contributed by atoms with Crippen LogP contribution in [0.5, 0.6) is 0 Å². The lowest BCUT2D eigenvalue weighted by atomic mass is 9.96. The van der Waals surface area contributed by atoms with Crippen molar-refractivity contribution in [3.8, 4) is 11.1 Å². The second-order valence-corrected chi connectivity index (χ2v) is 8.99. The first-order chi connectivity index (χ1) is 13.0. The molecule has 0 spiro atoms. The van der Waals surface area contributed by atoms with Gasteiger partial charge in [0, 0.05) is 25.1 Å². The SMILES string of the molecule is Cc1ccc(-c2cc3c(cc2C)sc2c4ccc(C)cc4ccc32)c(S)c1. The van der Waals surface area contributed by atoms with Crippen LogP contribution in [0.2, 0.25) is 0 Å². The van der Waals surface area contributed by atoms with Gasteiger partial charge in [0.1, 0.15) is 0 Å². The highest BCUT2D eigenvalue weighted by atomic mass is 32.1. The molecular weight excluding hydrogens is 364 g/mol. The number of hydrogen-bond acceptors (Lipinski definition) is 2. The van der Waals surface area contributed by atoms with E-state index >= 15 is 0 Å². The van der Waals surface area contributed by atoms with Gasteiger partial charge in [0.15, 0.2) is 0 Å². The van der Waals surface area contributed by atoms with Crippen LogP contribution in [0.25, 0.3) is 42.1 Å². The van der Waals surface area contributed by atoms with E-state index in [9.17, 15) is 0 Å². The van der Waals surface area contributed by atoms with Crippen LogP contribution in [-0.2, 0) is 0 Å². The number of hydrogen-bond donors (Lipinski definition) is 1. The molecule has 0 unspecified atom stereocenters. The van der Waals surface area contributed by atoms with Crippen molar-refractivity contribution in [2.75, 3.05) is 0 Å². The Morgan fingerprint density at radius 1 is 0.667 bits per heavy atom. The summed E-state index contributed by atoms with van der Waals surface area (Å²) in [5.74, 6) is 0. The Labute approximate surface area is 168 Å². The third kappa shape index (κ3) is 2.67. The summed E-state index contributed by atoms with van der Waals surface area (Å²) >= 11 is 6.64. The average Bonchev–Trinajstić information content (AvgIpc) is 2.98. The van der Waals surface area contributed by atoms with Gasteiger partial charge in [-0.1, -0.05) is 48.0 Å². The average molecular weight is 385 g/mol. The molecule has 0 atom stereocenters. The molecule has 132 valence electrons. The summed E-state index contributed by atoms with van der Waals surface area (Å²) in [6.07, 6.45) is 0. The lowest BCUT2D eigenvalue weighted by Gasteiger charge is -2.10. The minimum atomic E-state index is 1.04. The molecule has 5 rings (SSSR count). The molecule has 0 radical (unpaired) electrons. The van der Waals surface area contributed by atoms with Gasteiger partial charge in [-0.25, -0.2) is 0 Å². The third-order valence-corrected chi connectivity index (χ3v) is 6.97. The van der Waals surface area contributed by atoms with E-state index in [1.165, 1.54) is 58.8 Å². The van der Waals surface area contributed by atoms with Crippen LogP contribution < -0.4 is 0 Å². The Morgan fingerprint density at radius 3 is 2.22 bits per heavy atom. The molecule has 5 aromatic rings. The van der Waals surface area contributed by atoms with Crippen LogP contribution in [0.4, 0.5) is 0 Å². The predicted octanol–water partition coefficient (Wildman–Crippen LogP) is 8.09. The van der Waals surface area contributed by atoms with Gasteiger partial charge in [-0.2, -0.15) is 0 Å². The van der Waals surface area contributed by atoms with Crippen LogP contribution in [0, 0.1) is 20.8 Å². The molecule has 0 amide bonds. The van der Waals surface area contributed by atoms with E-state index in [1.807, 2.05) is 11.3 Å². The molecule has 2 heteroatoms. The van der Waals surface area contributed by atoms with Gasteiger partial charge in [0.05, 0.1) is 0 Å². The molecule has 0 saturated carbocycles. The van der Waals surface area contributed by atoms with Crippen LogP contribution in [0.15, 0.2) is 65.6 Å². The van der Waals surface area contributed by atoms with Crippen molar-refractivity contribution in [1.82, 2.24) is 0 Å². The van der Waals surface area contributed by atoms with Gasteiger partial charge in [0.25, 0.3) is 0 Å². The maximum atomic E-state index is 4.74. The Morgan fingerprint density at radius 2 is 1.41 bits per heavy atom. The summed E-state index contributed by atoms with van der Waals surface area (Å²) in [6.45, 7) is 6.47. The van der Waals surface area contributed by atoms with E-state index in [2.05, 4.69) is 81.4 Å². The molecule has 0 aliphatic carbocycles. The van der Waals surface area contributed by atoms with Crippen molar-refractivity contribution in [1.29, 1.82) is 0 Å². The largest absolute Gasteiger partial charge is 0.143 e. The van der Waals surface area contributed by atoms with Crippen molar-refractivity contribution >= 4 is 54.9 Å². The first-order valence-electron chi connectivity index (χ1n) is 9.17. The predicted molar refractivity (Wildman–Crippen MR) is 124 cm³/mol. The first-order valence-corrected chi connectivity index (χ1v) is 10.4. The second kappa shape index (κ2) is 6.12. The van der Waals surface area contributed by atoms with Crippen LogP contribution >= 0.6 is 24.0 Å². The minimum absolute atomic E-state index is 1.04. The molecule has 0 nitrogen and oxygen atoms in total. The zero-order valence-corrected chi connectivity index (χ0v) is 17.3. The van der Waals surface area contributed by atoms with Gasteiger partial charge in [0.2, 0.25) is 0 Å². The van der Waals surface area contributed by atoms with E-state index in [1.54, 1.807) is 0 Å². The number of fused-ring (bicyclic) bond motifs is 5. The molecule has 27 heavy (non-hydrogen) atoms. The summed E-state index contributed by atoms with van der Waals surface area (Å²) in [4.78, 5) is 1.04. The fraction of sp³-hybridized carbons (Fsp3) is 0.120. The van der Waals surface area contributed by atoms with Crippen molar-refractivity contribution in [3.63, 3.8) is 0 Å². The summed E-state index contributed by atoms with van der Waals surface area (Å²) in [7, 11) is 0. The summed E-state index contributed by atoms with van der Waals surface area (Å²) in [5.41, 5.74) is 6.33. The number of aryl methyl sites for hydroxylation is 3. The summed E-state index contributed by atoms with van der Waals surface area (Å²) < 4.78 is 2.74. The zero-order valence-electron chi connectivity index (χ0n) is 15.6. The molecule has 0 N–H and O–H groups in total. The van der Waals surface area contributed by atoms with E-state index < -0.39 is 0 Å². The normalized spacial score (nSPS) is 11.7. The van der Waals surface area contributed by atoms with Gasteiger partial charge in [-0.15, -0.1) is 24.0 Å². The van der Waals surface area contributed by atoms with E-state index in [4.69, 9.17) is 12.6 Å². The summed E-state index contributed by atoms with van der Waals surface area (Å²) in [5, 5.41) is 5.36. The van der Waals surface area contributed by atoms with Gasteiger partial charge in [-0.05, 0) is 72.0 Å². The lowest BCUT2D eigenvalue weighted by molar-refractivity contribution is 1.35. The molecule has 0 aliphatic rings. The third-order valence-electron chi connectivity index (χ3n) is 5.40. The van der Waals surface area contributed by atoms with Crippen LogP contribution in [0.1, 0.15) is 16.7 Å². The molecule has 0 aliphatic heterocycles. The summed E-state index contributed by atoms with van der Waals surface area (Å²) in [6, 6.07) is 22.5. The maximum Gasteiger partial charge on any atom is 0.0433 e.